The smallest absolute Gasteiger partial charge is 0.0321 e. The summed E-state index contributed by atoms with van der Waals surface area (Å²) in [5, 5.41) is 3.04. The highest BCUT2D eigenvalue weighted by Crippen LogP contribution is 2.69. The molecule has 30 heavy (non-hydrogen) atoms. The van der Waals surface area contributed by atoms with Crippen LogP contribution in [0.4, 0.5) is 0 Å². The van der Waals surface area contributed by atoms with Crippen LogP contribution in [-0.4, -0.2) is 16.6 Å². The van der Waals surface area contributed by atoms with Crippen LogP contribution in [0.3, 0.4) is 0 Å². The standard InChI is InChI=1S/C27H31NP2/c1-4-13-23(14-5-1)27-21-12-22-29(27)28(24-15-10-11-16-24)30(25-17-6-2-7-18-25)26-19-8-3-9-20-26/h1-9,13-14,17-20,24,27H,10-12,15-16,21-22H2. The molecule has 2 aliphatic rings. The highest BCUT2D eigenvalue weighted by Gasteiger charge is 2.41. The summed E-state index contributed by atoms with van der Waals surface area (Å²) in [5.74, 6) is 0. The van der Waals surface area contributed by atoms with Crippen LogP contribution in [-0.2, 0) is 0 Å². The molecular formula is C27H31NP2. The van der Waals surface area contributed by atoms with Crippen LogP contribution in [0.1, 0.15) is 49.7 Å². The Morgan fingerprint density at radius 3 is 1.73 bits per heavy atom. The Hall–Kier alpha value is -1.52. The van der Waals surface area contributed by atoms with Gasteiger partial charge in [0, 0.05) is 19.8 Å². The molecule has 0 bridgehead atoms. The van der Waals surface area contributed by atoms with E-state index in [0.29, 0.717) is 0 Å². The molecular weight excluding hydrogens is 400 g/mol. The molecule has 1 saturated heterocycles. The summed E-state index contributed by atoms with van der Waals surface area (Å²) in [5.41, 5.74) is 2.29. The maximum atomic E-state index is 3.09. The van der Waals surface area contributed by atoms with Crippen LogP contribution in [0.5, 0.6) is 0 Å². The number of hydrogen-bond acceptors (Lipinski definition) is 1. The third-order valence-corrected chi connectivity index (χ3v) is 13.0. The molecule has 3 aromatic rings. The minimum atomic E-state index is -0.491. The van der Waals surface area contributed by atoms with Crippen molar-refractivity contribution in [2.24, 2.45) is 0 Å². The van der Waals surface area contributed by atoms with Crippen LogP contribution in [0, 0.1) is 0 Å². The number of nitrogens with zero attached hydrogens (tertiary/aromatic N) is 1. The molecule has 0 spiro atoms. The predicted octanol–water partition coefficient (Wildman–Crippen LogP) is 7.21. The number of benzene rings is 3. The van der Waals surface area contributed by atoms with Crippen LogP contribution in [0.15, 0.2) is 91.0 Å². The summed E-state index contributed by atoms with van der Waals surface area (Å²) in [6.45, 7) is 0. The van der Waals surface area contributed by atoms with Crippen molar-refractivity contribution in [3.63, 3.8) is 0 Å². The van der Waals surface area contributed by atoms with Gasteiger partial charge in [-0.2, -0.15) is 0 Å². The Morgan fingerprint density at radius 2 is 1.17 bits per heavy atom. The van der Waals surface area contributed by atoms with Gasteiger partial charge >= 0.3 is 0 Å². The van der Waals surface area contributed by atoms with E-state index in [1.54, 1.807) is 5.56 Å². The van der Waals surface area contributed by atoms with Crippen LogP contribution >= 0.6 is 16.1 Å². The summed E-state index contributed by atoms with van der Waals surface area (Å²) in [4.78, 5) is 0. The zero-order valence-electron chi connectivity index (χ0n) is 17.6. The monoisotopic (exact) mass is 431 g/mol. The summed E-state index contributed by atoms with van der Waals surface area (Å²) in [6, 6.07) is 34.9. The van der Waals surface area contributed by atoms with Crippen LogP contribution in [0.2, 0.25) is 0 Å². The zero-order valence-corrected chi connectivity index (χ0v) is 19.4. The van der Waals surface area contributed by atoms with Gasteiger partial charge in [-0.05, 0) is 56.1 Å². The SMILES string of the molecule is c1ccc(C2CCCP2N(C2CCCC2)P(c2ccccc2)c2ccccc2)cc1. The zero-order chi connectivity index (χ0) is 20.2. The average Bonchev–Trinajstić information content (AvgIpc) is 3.52. The maximum absolute atomic E-state index is 3.09. The van der Waals surface area contributed by atoms with Gasteiger partial charge in [-0.3, -0.25) is 0 Å². The van der Waals surface area contributed by atoms with Crippen molar-refractivity contribution < 1.29 is 0 Å². The fourth-order valence-corrected chi connectivity index (χ4v) is 12.5. The second-order valence-electron chi connectivity index (χ2n) is 8.47. The normalized spacial score (nSPS) is 22.2. The third-order valence-electron chi connectivity index (χ3n) is 6.53. The second-order valence-corrected chi connectivity index (χ2v) is 13.3. The highest BCUT2D eigenvalue weighted by atomic mass is 31.2. The van der Waals surface area contributed by atoms with Gasteiger partial charge in [-0.25, -0.2) is 4.44 Å². The molecule has 0 radical (unpaired) electrons. The van der Waals surface area contributed by atoms with E-state index in [2.05, 4.69) is 95.4 Å². The molecule has 5 rings (SSSR count). The molecule has 2 unspecified atom stereocenters. The van der Waals surface area contributed by atoms with Gasteiger partial charge in [0.25, 0.3) is 0 Å². The minimum Gasteiger partial charge on any atom is -0.249 e. The third kappa shape index (κ3) is 4.27. The second kappa shape index (κ2) is 9.74. The summed E-state index contributed by atoms with van der Waals surface area (Å²) < 4.78 is 3.09. The van der Waals surface area contributed by atoms with Gasteiger partial charge in [0.2, 0.25) is 0 Å². The molecule has 1 saturated carbocycles. The van der Waals surface area contributed by atoms with Crippen molar-refractivity contribution in [2.45, 2.75) is 50.2 Å². The summed E-state index contributed by atoms with van der Waals surface area (Å²) >= 11 is 0. The molecule has 2 atom stereocenters. The van der Waals surface area contributed by atoms with E-state index in [-0.39, 0.29) is 8.07 Å². The Balaban J connectivity index is 1.60. The molecule has 1 aliphatic heterocycles. The van der Waals surface area contributed by atoms with Gasteiger partial charge in [0.05, 0.1) is 0 Å². The van der Waals surface area contributed by atoms with Crippen molar-refractivity contribution in [1.29, 1.82) is 0 Å². The molecule has 0 amide bonds. The van der Waals surface area contributed by atoms with E-state index in [0.717, 1.165) is 11.7 Å². The topological polar surface area (TPSA) is 3.24 Å². The largest absolute Gasteiger partial charge is 0.249 e. The van der Waals surface area contributed by atoms with Gasteiger partial charge in [0.1, 0.15) is 0 Å². The lowest BCUT2D eigenvalue weighted by Gasteiger charge is -2.43. The molecule has 1 heterocycles. The minimum absolute atomic E-state index is 0.184. The lowest BCUT2D eigenvalue weighted by molar-refractivity contribution is 0.502. The Bertz CT molecular complexity index is 870. The first-order chi connectivity index (χ1) is 14.9. The Morgan fingerprint density at radius 1 is 0.633 bits per heavy atom. The highest BCUT2D eigenvalue weighted by molar-refractivity contribution is 7.79. The van der Waals surface area contributed by atoms with Gasteiger partial charge in [-0.1, -0.05) is 104 Å². The maximum Gasteiger partial charge on any atom is 0.0321 e. The molecule has 3 heteroatoms. The molecule has 1 aliphatic carbocycles. The average molecular weight is 432 g/mol. The molecule has 1 nitrogen and oxygen atoms in total. The van der Waals surface area contributed by atoms with E-state index in [1.165, 1.54) is 55.3 Å². The fourth-order valence-electron chi connectivity index (χ4n) is 5.16. The number of hydrogen-bond donors (Lipinski definition) is 0. The lowest BCUT2D eigenvalue weighted by Crippen LogP contribution is -2.33. The van der Waals surface area contributed by atoms with Gasteiger partial charge in [0.15, 0.2) is 0 Å². The van der Waals surface area contributed by atoms with Crippen molar-refractivity contribution in [3.05, 3.63) is 96.6 Å². The summed E-state index contributed by atoms with van der Waals surface area (Å²) in [6.07, 6.45) is 9.66. The van der Waals surface area contributed by atoms with Crippen molar-refractivity contribution in [1.82, 2.24) is 4.44 Å². The van der Waals surface area contributed by atoms with E-state index >= 15 is 0 Å². The predicted molar refractivity (Wildman–Crippen MR) is 133 cm³/mol. The van der Waals surface area contributed by atoms with E-state index in [1.807, 2.05) is 0 Å². The van der Waals surface area contributed by atoms with Crippen molar-refractivity contribution >= 4 is 26.8 Å². The number of rotatable bonds is 6. The first-order valence-corrected chi connectivity index (χ1v) is 14.3. The molecule has 154 valence electrons. The van der Waals surface area contributed by atoms with Gasteiger partial charge in [-0.15, -0.1) is 0 Å². The molecule has 0 N–H and O–H groups in total. The van der Waals surface area contributed by atoms with Gasteiger partial charge < -0.3 is 0 Å². The molecule has 2 fully saturated rings. The first-order valence-electron chi connectivity index (χ1n) is 11.4. The molecule has 0 aromatic heterocycles. The van der Waals surface area contributed by atoms with Crippen LogP contribution < -0.4 is 10.6 Å². The van der Waals surface area contributed by atoms with Crippen molar-refractivity contribution in [2.75, 3.05) is 6.16 Å². The molecule has 3 aromatic carbocycles. The lowest BCUT2D eigenvalue weighted by atomic mass is 10.1. The van der Waals surface area contributed by atoms with E-state index < -0.39 is 8.07 Å². The summed E-state index contributed by atoms with van der Waals surface area (Å²) in [7, 11) is -0.675. The quantitative estimate of drug-likeness (QED) is 0.373. The Labute approximate surface area is 184 Å². The first kappa shape index (κ1) is 20.4. The van der Waals surface area contributed by atoms with E-state index in [4.69, 9.17) is 0 Å². The fraction of sp³-hybridized carbons (Fsp3) is 0.333. The van der Waals surface area contributed by atoms with Crippen molar-refractivity contribution in [3.8, 4) is 0 Å². The van der Waals surface area contributed by atoms with Crippen LogP contribution in [0.25, 0.3) is 0 Å². The van der Waals surface area contributed by atoms with E-state index in [9.17, 15) is 0 Å². The Kier molecular flexibility index (Phi) is 6.62.